The van der Waals surface area contributed by atoms with Crippen molar-refractivity contribution >= 4 is 11.9 Å². The van der Waals surface area contributed by atoms with Gasteiger partial charge in [-0.2, -0.15) is 0 Å². The molecule has 0 spiro atoms. The summed E-state index contributed by atoms with van der Waals surface area (Å²) >= 11 is 0. The summed E-state index contributed by atoms with van der Waals surface area (Å²) in [5.41, 5.74) is 0. The molecule has 3 N–H and O–H groups in total. The van der Waals surface area contributed by atoms with E-state index in [2.05, 4.69) is 41.7 Å². The molecule has 0 radical (unpaired) electrons. The van der Waals surface area contributed by atoms with E-state index in [0.717, 1.165) is 38.6 Å². The molecule has 0 aromatic heterocycles. The second kappa shape index (κ2) is 14.3. The van der Waals surface area contributed by atoms with Crippen LogP contribution in [-0.4, -0.2) is 50.8 Å². The lowest BCUT2D eigenvalue weighted by Gasteiger charge is -2.13. The summed E-state index contributed by atoms with van der Waals surface area (Å²) in [6.45, 7) is 14.0. The van der Waals surface area contributed by atoms with E-state index in [4.69, 9.17) is 4.74 Å². The fraction of sp³-hybridized carbons (Fsp3) is 0.882. The van der Waals surface area contributed by atoms with Gasteiger partial charge in [0, 0.05) is 45.3 Å². The lowest BCUT2D eigenvalue weighted by Crippen LogP contribution is -2.40. The summed E-state index contributed by atoms with van der Waals surface area (Å²) in [5, 5.41) is 9.33. The van der Waals surface area contributed by atoms with Crippen molar-refractivity contribution in [3.05, 3.63) is 0 Å². The molecule has 0 aromatic rings. The first kappa shape index (κ1) is 21.7. The Kier molecular flexibility index (Phi) is 13.5. The molecule has 6 heteroatoms. The number of carbonyl (C=O) groups excluding carboxylic acids is 1. The van der Waals surface area contributed by atoms with Gasteiger partial charge in [0.1, 0.15) is 0 Å². The van der Waals surface area contributed by atoms with Gasteiger partial charge in [0.2, 0.25) is 5.91 Å². The van der Waals surface area contributed by atoms with Crippen LogP contribution in [0.4, 0.5) is 0 Å². The summed E-state index contributed by atoms with van der Waals surface area (Å²) in [7, 11) is 0. The zero-order chi connectivity index (χ0) is 17.5. The van der Waals surface area contributed by atoms with Crippen LogP contribution in [0.25, 0.3) is 0 Å². The molecule has 0 aliphatic heterocycles. The van der Waals surface area contributed by atoms with Crippen molar-refractivity contribution in [3.8, 4) is 0 Å². The Morgan fingerprint density at radius 2 is 1.91 bits per heavy atom. The lowest BCUT2D eigenvalue weighted by molar-refractivity contribution is -0.121. The maximum Gasteiger partial charge on any atom is 0.221 e. The molecule has 6 nitrogen and oxygen atoms in total. The van der Waals surface area contributed by atoms with Gasteiger partial charge in [-0.25, -0.2) is 0 Å². The van der Waals surface area contributed by atoms with Gasteiger partial charge in [-0.05, 0) is 32.6 Å². The summed E-state index contributed by atoms with van der Waals surface area (Å²) < 4.78 is 5.53. The van der Waals surface area contributed by atoms with Crippen LogP contribution in [-0.2, 0) is 9.53 Å². The van der Waals surface area contributed by atoms with Crippen molar-refractivity contribution in [2.75, 3.05) is 32.8 Å². The molecule has 0 rings (SSSR count). The van der Waals surface area contributed by atoms with E-state index in [0.29, 0.717) is 25.4 Å². The fourth-order valence-electron chi connectivity index (χ4n) is 1.76. The van der Waals surface area contributed by atoms with Crippen LogP contribution in [0, 0.1) is 5.92 Å². The fourth-order valence-corrected chi connectivity index (χ4v) is 1.76. The smallest absolute Gasteiger partial charge is 0.221 e. The summed E-state index contributed by atoms with van der Waals surface area (Å²) in [6, 6.07) is 0.232. The number of amides is 1. The predicted molar refractivity (Wildman–Crippen MR) is 96.8 cm³/mol. The molecule has 1 atom stereocenters. The highest BCUT2D eigenvalue weighted by Gasteiger charge is 2.05. The van der Waals surface area contributed by atoms with E-state index in [1.54, 1.807) is 0 Å². The highest BCUT2D eigenvalue weighted by Crippen LogP contribution is 1.94. The van der Waals surface area contributed by atoms with Gasteiger partial charge in [-0.1, -0.05) is 20.8 Å². The number of nitrogens with one attached hydrogen (secondary N) is 3. The van der Waals surface area contributed by atoms with Gasteiger partial charge < -0.3 is 20.7 Å². The zero-order valence-corrected chi connectivity index (χ0v) is 15.6. The molecule has 0 saturated carbocycles. The van der Waals surface area contributed by atoms with Crippen molar-refractivity contribution < 1.29 is 9.53 Å². The van der Waals surface area contributed by atoms with Crippen LogP contribution >= 0.6 is 0 Å². The summed E-state index contributed by atoms with van der Waals surface area (Å²) in [5.74, 6) is 1.40. The van der Waals surface area contributed by atoms with Gasteiger partial charge in [0.15, 0.2) is 5.96 Å². The first-order valence-corrected chi connectivity index (χ1v) is 8.88. The average molecular weight is 329 g/mol. The van der Waals surface area contributed by atoms with Crippen LogP contribution in [0.2, 0.25) is 0 Å². The summed E-state index contributed by atoms with van der Waals surface area (Å²) in [6.07, 6.45) is 2.30. The Bertz CT molecular complexity index is 333. The largest absolute Gasteiger partial charge is 0.381 e. The van der Waals surface area contributed by atoms with Crippen LogP contribution in [0.1, 0.15) is 53.9 Å². The molecule has 0 saturated heterocycles. The second-order valence-corrected chi connectivity index (χ2v) is 6.14. The van der Waals surface area contributed by atoms with Crippen molar-refractivity contribution in [1.82, 2.24) is 16.0 Å². The van der Waals surface area contributed by atoms with Gasteiger partial charge in [-0.15, -0.1) is 0 Å². The number of guanidine groups is 1. The van der Waals surface area contributed by atoms with Crippen molar-refractivity contribution in [1.29, 1.82) is 0 Å². The Balaban J connectivity index is 3.91. The molecule has 0 bridgehead atoms. The topological polar surface area (TPSA) is 74.8 Å². The molecule has 0 aliphatic carbocycles. The lowest BCUT2D eigenvalue weighted by atomic mass is 10.2. The third-order valence-corrected chi connectivity index (χ3v) is 3.18. The standard InChI is InChI=1S/C17H36N4O2/c1-6-15(5)21-16(22)9-11-20-17(18-7-2)19-10-8-12-23-13-14(3)4/h14-15H,6-13H2,1-5H3,(H,21,22)(H2,18,19,20). The van der Waals surface area contributed by atoms with Crippen molar-refractivity contribution in [2.24, 2.45) is 10.9 Å². The molecule has 0 aliphatic rings. The Hall–Kier alpha value is -1.30. The van der Waals surface area contributed by atoms with Gasteiger partial charge >= 0.3 is 0 Å². The number of carbonyl (C=O) groups is 1. The van der Waals surface area contributed by atoms with Crippen LogP contribution in [0.5, 0.6) is 0 Å². The zero-order valence-electron chi connectivity index (χ0n) is 15.6. The van der Waals surface area contributed by atoms with Crippen molar-refractivity contribution in [3.63, 3.8) is 0 Å². The SMILES string of the molecule is CCNC(=NCCCOCC(C)C)NCCC(=O)NC(C)CC. The monoisotopic (exact) mass is 328 g/mol. The summed E-state index contributed by atoms with van der Waals surface area (Å²) in [4.78, 5) is 16.2. The van der Waals surface area contributed by atoms with Crippen LogP contribution in [0.3, 0.4) is 0 Å². The molecule has 23 heavy (non-hydrogen) atoms. The number of hydrogen-bond acceptors (Lipinski definition) is 3. The Labute approximate surface area is 141 Å². The maximum absolute atomic E-state index is 11.7. The Morgan fingerprint density at radius 3 is 2.52 bits per heavy atom. The molecule has 136 valence electrons. The quantitative estimate of drug-likeness (QED) is 0.291. The number of rotatable bonds is 12. The van der Waals surface area contributed by atoms with E-state index >= 15 is 0 Å². The number of aliphatic imine (C=N–C) groups is 1. The Morgan fingerprint density at radius 1 is 1.17 bits per heavy atom. The second-order valence-electron chi connectivity index (χ2n) is 6.14. The predicted octanol–water partition coefficient (Wildman–Crippen LogP) is 1.91. The normalized spacial score (nSPS) is 13.0. The minimum absolute atomic E-state index is 0.0739. The first-order chi connectivity index (χ1) is 11.0. The highest BCUT2D eigenvalue weighted by molar-refractivity contribution is 5.81. The molecular formula is C17H36N4O2. The molecule has 0 fully saturated rings. The van der Waals surface area contributed by atoms with E-state index in [9.17, 15) is 4.79 Å². The molecule has 0 heterocycles. The van der Waals surface area contributed by atoms with E-state index in [-0.39, 0.29) is 11.9 Å². The number of nitrogens with zero attached hydrogens (tertiary/aromatic N) is 1. The van der Waals surface area contributed by atoms with Crippen LogP contribution < -0.4 is 16.0 Å². The van der Waals surface area contributed by atoms with Crippen molar-refractivity contribution in [2.45, 2.75) is 59.9 Å². The van der Waals surface area contributed by atoms with Gasteiger partial charge in [0.25, 0.3) is 0 Å². The molecule has 1 amide bonds. The molecule has 1 unspecified atom stereocenters. The first-order valence-electron chi connectivity index (χ1n) is 8.88. The van der Waals surface area contributed by atoms with Crippen LogP contribution in [0.15, 0.2) is 4.99 Å². The molecular weight excluding hydrogens is 292 g/mol. The molecule has 0 aromatic carbocycles. The third kappa shape index (κ3) is 14.0. The van der Waals surface area contributed by atoms with E-state index in [1.807, 2.05) is 13.8 Å². The highest BCUT2D eigenvalue weighted by atomic mass is 16.5. The number of hydrogen-bond donors (Lipinski definition) is 3. The van der Waals surface area contributed by atoms with Gasteiger partial charge in [-0.3, -0.25) is 9.79 Å². The maximum atomic E-state index is 11.7. The van der Waals surface area contributed by atoms with Gasteiger partial charge in [0.05, 0.1) is 0 Å². The third-order valence-electron chi connectivity index (χ3n) is 3.18. The average Bonchev–Trinajstić information content (AvgIpc) is 2.50. The minimum atomic E-state index is 0.0739. The number of ether oxygens (including phenoxy) is 1. The van der Waals surface area contributed by atoms with E-state index < -0.39 is 0 Å². The minimum Gasteiger partial charge on any atom is -0.381 e. The van der Waals surface area contributed by atoms with E-state index in [1.165, 1.54) is 0 Å².